The second kappa shape index (κ2) is 7.01. The van der Waals surface area contributed by atoms with Gasteiger partial charge in [-0.05, 0) is 32.9 Å². The van der Waals surface area contributed by atoms with Gasteiger partial charge in [0.1, 0.15) is 0 Å². The van der Waals surface area contributed by atoms with Crippen LogP contribution >= 0.6 is 0 Å². The third-order valence-electron chi connectivity index (χ3n) is 3.86. The zero-order valence-electron chi connectivity index (χ0n) is 13.6. The molecular formula is C15H22N6O2. The van der Waals surface area contributed by atoms with Gasteiger partial charge in [-0.2, -0.15) is 4.98 Å². The van der Waals surface area contributed by atoms with Gasteiger partial charge in [0.25, 0.3) is 11.7 Å². The Morgan fingerprint density at radius 3 is 2.87 bits per heavy atom. The number of hydrogen-bond acceptors (Lipinski definition) is 6. The molecule has 8 heteroatoms. The molecule has 1 amide bonds. The van der Waals surface area contributed by atoms with Crippen LogP contribution < -0.4 is 5.32 Å². The molecule has 0 unspecified atom stereocenters. The first kappa shape index (κ1) is 15.8. The standard InChI is InChI=1S/C15H22N6O2/c1-11-10-12(2)21-15(17-11)18-13(19-21)14(22)16-4-3-5-20-6-8-23-9-7-20/h10H,3-9H2,1-2H3,(H,16,22). The molecule has 2 aromatic heterocycles. The van der Waals surface area contributed by atoms with E-state index in [9.17, 15) is 4.79 Å². The van der Waals surface area contributed by atoms with E-state index in [2.05, 4.69) is 25.3 Å². The van der Waals surface area contributed by atoms with Gasteiger partial charge in [0.05, 0.1) is 13.2 Å². The third kappa shape index (κ3) is 3.83. The maximum atomic E-state index is 12.2. The summed E-state index contributed by atoms with van der Waals surface area (Å²) in [5.74, 6) is 0.369. The summed E-state index contributed by atoms with van der Waals surface area (Å²) in [6.45, 7) is 8.90. The number of fused-ring (bicyclic) bond motifs is 1. The van der Waals surface area contributed by atoms with Crippen LogP contribution in [0.15, 0.2) is 6.07 Å². The zero-order chi connectivity index (χ0) is 16.2. The fourth-order valence-electron chi connectivity index (χ4n) is 2.67. The van der Waals surface area contributed by atoms with Crippen molar-refractivity contribution in [1.29, 1.82) is 0 Å². The van der Waals surface area contributed by atoms with E-state index in [1.807, 2.05) is 19.9 Å². The number of amides is 1. The van der Waals surface area contributed by atoms with Gasteiger partial charge in [0.15, 0.2) is 0 Å². The lowest BCUT2D eigenvalue weighted by Crippen LogP contribution is -2.38. The number of nitrogens with zero attached hydrogens (tertiary/aromatic N) is 5. The van der Waals surface area contributed by atoms with Gasteiger partial charge in [-0.25, -0.2) is 9.50 Å². The molecular weight excluding hydrogens is 296 g/mol. The van der Waals surface area contributed by atoms with Crippen molar-refractivity contribution in [3.8, 4) is 0 Å². The number of aryl methyl sites for hydroxylation is 2. The van der Waals surface area contributed by atoms with Crippen LogP contribution in [0.2, 0.25) is 0 Å². The second-order valence-corrected chi connectivity index (χ2v) is 5.75. The Balaban J connectivity index is 1.53. The van der Waals surface area contributed by atoms with E-state index in [0.717, 1.165) is 50.7 Å². The van der Waals surface area contributed by atoms with Crippen molar-refractivity contribution in [2.45, 2.75) is 20.3 Å². The molecule has 0 spiro atoms. The van der Waals surface area contributed by atoms with E-state index < -0.39 is 0 Å². The van der Waals surface area contributed by atoms with E-state index in [0.29, 0.717) is 12.3 Å². The van der Waals surface area contributed by atoms with Crippen LogP contribution in [0.3, 0.4) is 0 Å². The number of nitrogens with one attached hydrogen (secondary N) is 1. The van der Waals surface area contributed by atoms with Crippen molar-refractivity contribution >= 4 is 11.7 Å². The molecule has 3 rings (SSSR count). The van der Waals surface area contributed by atoms with Gasteiger partial charge in [-0.3, -0.25) is 9.69 Å². The second-order valence-electron chi connectivity index (χ2n) is 5.75. The summed E-state index contributed by atoms with van der Waals surface area (Å²) in [4.78, 5) is 23.0. The largest absolute Gasteiger partial charge is 0.379 e. The van der Waals surface area contributed by atoms with Crippen LogP contribution in [0.1, 0.15) is 28.4 Å². The Bertz CT molecular complexity index is 693. The minimum absolute atomic E-state index is 0.164. The molecule has 23 heavy (non-hydrogen) atoms. The molecule has 124 valence electrons. The molecule has 3 heterocycles. The van der Waals surface area contributed by atoms with Crippen molar-refractivity contribution in [2.75, 3.05) is 39.4 Å². The van der Waals surface area contributed by atoms with Gasteiger partial charge >= 0.3 is 0 Å². The minimum Gasteiger partial charge on any atom is -0.379 e. The van der Waals surface area contributed by atoms with Gasteiger partial charge < -0.3 is 10.1 Å². The molecule has 1 aliphatic heterocycles. The summed E-state index contributed by atoms with van der Waals surface area (Å²) < 4.78 is 6.91. The Morgan fingerprint density at radius 1 is 1.30 bits per heavy atom. The van der Waals surface area contributed by atoms with E-state index in [1.165, 1.54) is 0 Å². The monoisotopic (exact) mass is 318 g/mol. The fraction of sp³-hybridized carbons (Fsp3) is 0.600. The molecule has 2 aromatic rings. The predicted molar refractivity (Wildman–Crippen MR) is 84.5 cm³/mol. The van der Waals surface area contributed by atoms with Crippen LogP contribution in [0, 0.1) is 13.8 Å². The first-order valence-electron chi connectivity index (χ1n) is 7.93. The smallest absolute Gasteiger partial charge is 0.291 e. The summed E-state index contributed by atoms with van der Waals surface area (Å²) in [5, 5.41) is 7.10. The van der Waals surface area contributed by atoms with Gasteiger partial charge in [-0.1, -0.05) is 0 Å². The van der Waals surface area contributed by atoms with Crippen molar-refractivity contribution in [1.82, 2.24) is 29.8 Å². The zero-order valence-corrected chi connectivity index (χ0v) is 13.6. The van der Waals surface area contributed by atoms with Crippen LogP contribution in [0.25, 0.3) is 5.78 Å². The van der Waals surface area contributed by atoms with E-state index in [-0.39, 0.29) is 11.7 Å². The maximum Gasteiger partial charge on any atom is 0.291 e. The van der Waals surface area contributed by atoms with E-state index in [1.54, 1.807) is 4.52 Å². The average Bonchev–Trinajstić information content (AvgIpc) is 2.97. The Kier molecular flexibility index (Phi) is 4.82. The molecule has 0 aromatic carbocycles. The Labute approximate surface area is 134 Å². The van der Waals surface area contributed by atoms with Crippen molar-refractivity contribution < 1.29 is 9.53 Å². The molecule has 1 saturated heterocycles. The van der Waals surface area contributed by atoms with Crippen molar-refractivity contribution in [3.05, 3.63) is 23.3 Å². The van der Waals surface area contributed by atoms with Gasteiger partial charge in [-0.15, -0.1) is 5.10 Å². The van der Waals surface area contributed by atoms with Gasteiger partial charge in [0, 0.05) is 31.0 Å². The SMILES string of the molecule is Cc1cc(C)n2nc(C(=O)NCCCN3CCOCC3)nc2n1. The highest BCUT2D eigenvalue weighted by atomic mass is 16.5. The van der Waals surface area contributed by atoms with Crippen LogP contribution in [0.5, 0.6) is 0 Å². The highest BCUT2D eigenvalue weighted by molar-refractivity contribution is 5.90. The Morgan fingerprint density at radius 2 is 2.09 bits per heavy atom. The molecule has 0 aliphatic carbocycles. The Hall–Kier alpha value is -2.06. The fourth-order valence-corrected chi connectivity index (χ4v) is 2.67. The molecule has 0 radical (unpaired) electrons. The number of hydrogen-bond donors (Lipinski definition) is 1. The number of carbonyl (C=O) groups excluding carboxylic acids is 1. The average molecular weight is 318 g/mol. The number of carbonyl (C=O) groups is 1. The number of ether oxygens (including phenoxy) is 1. The topological polar surface area (TPSA) is 84.7 Å². The summed E-state index contributed by atoms with van der Waals surface area (Å²) in [7, 11) is 0. The van der Waals surface area contributed by atoms with Crippen molar-refractivity contribution in [2.24, 2.45) is 0 Å². The normalized spacial score (nSPS) is 15.9. The first-order chi connectivity index (χ1) is 11.1. The first-order valence-corrected chi connectivity index (χ1v) is 7.93. The summed E-state index contributed by atoms with van der Waals surface area (Å²) in [6.07, 6.45) is 0.898. The van der Waals surface area contributed by atoms with Crippen LogP contribution in [-0.4, -0.2) is 69.8 Å². The minimum atomic E-state index is -0.255. The third-order valence-corrected chi connectivity index (χ3v) is 3.86. The molecule has 0 atom stereocenters. The van der Waals surface area contributed by atoms with E-state index in [4.69, 9.17) is 4.74 Å². The quantitative estimate of drug-likeness (QED) is 0.793. The lowest BCUT2D eigenvalue weighted by atomic mass is 10.3. The lowest BCUT2D eigenvalue weighted by Gasteiger charge is -2.26. The number of rotatable bonds is 5. The lowest BCUT2D eigenvalue weighted by molar-refractivity contribution is 0.0374. The summed E-state index contributed by atoms with van der Waals surface area (Å²) >= 11 is 0. The predicted octanol–water partition coefficient (Wildman–Crippen LogP) is 0.193. The number of aromatic nitrogens is 4. The molecule has 1 fully saturated rings. The maximum absolute atomic E-state index is 12.2. The van der Waals surface area contributed by atoms with Crippen LogP contribution in [-0.2, 0) is 4.74 Å². The van der Waals surface area contributed by atoms with Gasteiger partial charge in [0.2, 0.25) is 5.82 Å². The summed E-state index contributed by atoms with van der Waals surface area (Å²) in [6, 6.07) is 1.91. The van der Waals surface area contributed by atoms with Crippen LogP contribution in [0.4, 0.5) is 0 Å². The number of morpholine rings is 1. The summed E-state index contributed by atoms with van der Waals surface area (Å²) in [5.41, 5.74) is 1.77. The highest BCUT2D eigenvalue weighted by Gasteiger charge is 2.15. The molecule has 1 N–H and O–H groups in total. The molecule has 0 saturated carbocycles. The molecule has 1 aliphatic rings. The van der Waals surface area contributed by atoms with Crippen molar-refractivity contribution in [3.63, 3.8) is 0 Å². The molecule has 8 nitrogen and oxygen atoms in total. The highest BCUT2D eigenvalue weighted by Crippen LogP contribution is 2.05. The molecule has 0 bridgehead atoms. The van der Waals surface area contributed by atoms with E-state index >= 15 is 0 Å².